The first-order valence-electron chi connectivity index (χ1n) is 9.53. The van der Waals surface area contributed by atoms with E-state index in [0.717, 1.165) is 57.9 Å². The van der Waals surface area contributed by atoms with E-state index in [1.54, 1.807) is 0 Å². The molecular weight excluding hydrogens is 320 g/mol. The number of carbonyl (C=O) groups is 1. The van der Waals surface area contributed by atoms with Gasteiger partial charge in [0, 0.05) is 31.0 Å². The maximum absolute atomic E-state index is 12.5. The fourth-order valence-electron chi connectivity index (χ4n) is 4.41. The molecule has 1 aromatic rings. The van der Waals surface area contributed by atoms with E-state index in [1.807, 2.05) is 6.92 Å². The standard InChI is InChI=1S/C18H28N4O3/c1-11-5-6-13(20-18(23)17-14-9-24-10-15(14)17)8-22(11)7-3-4-16-19-12(2)21-25-16/h11,13-15,17H,3-10H2,1-2H3,(H,20,23)/t11?,13?,14-,15+,17?. The highest BCUT2D eigenvalue weighted by atomic mass is 16.5. The average molecular weight is 348 g/mol. The van der Waals surface area contributed by atoms with E-state index in [-0.39, 0.29) is 17.9 Å². The smallest absolute Gasteiger partial charge is 0.226 e. The van der Waals surface area contributed by atoms with Gasteiger partial charge < -0.3 is 14.6 Å². The Bertz CT molecular complexity index is 609. The van der Waals surface area contributed by atoms with Crippen molar-refractivity contribution in [1.82, 2.24) is 20.4 Å². The van der Waals surface area contributed by atoms with Gasteiger partial charge in [-0.25, -0.2) is 0 Å². The first-order chi connectivity index (χ1) is 12.1. The van der Waals surface area contributed by atoms with Gasteiger partial charge in [0.2, 0.25) is 11.8 Å². The predicted octanol–water partition coefficient (Wildman–Crippen LogP) is 1.17. The van der Waals surface area contributed by atoms with E-state index in [1.165, 1.54) is 0 Å². The van der Waals surface area contributed by atoms with E-state index in [9.17, 15) is 4.79 Å². The molecule has 1 N–H and O–H groups in total. The zero-order valence-corrected chi connectivity index (χ0v) is 15.1. The van der Waals surface area contributed by atoms with Gasteiger partial charge in [0.25, 0.3) is 0 Å². The lowest BCUT2D eigenvalue weighted by atomic mass is 9.98. The zero-order chi connectivity index (χ0) is 17.4. The molecule has 0 radical (unpaired) electrons. The Hall–Kier alpha value is -1.47. The van der Waals surface area contributed by atoms with Crippen LogP contribution in [0, 0.1) is 24.7 Å². The van der Waals surface area contributed by atoms with Gasteiger partial charge in [-0.2, -0.15) is 4.98 Å². The molecule has 25 heavy (non-hydrogen) atoms. The Labute approximate surface area is 148 Å². The highest BCUT2D eigenvalue weighted by Gasteiger charge is 2.58. The number of nitrogens with one attached hydrogen (secondary N) is 1. The minimum atomic E-state index is 0.210. The molecule has 4 rings (SSSR count). The lowest BCUT2D eigenvalue weighted by Crippen LogP contribution is -2.51. The number of nitrogens with zero attached hydrogens (tertiary/aromatic N) is 3. The molecule has 1 aliphatic carbocycles. The summed E-state index contributed by atoms with van der Waals surface area (Å²) in [6.07, 6.45) is 4.01. The summed E-state index contributed by atoms with van der Waals surface area (Å²) < 4.78 is 10.6. The predicted molar refractivity (Wildman–Crippen MR) is 90.8 cm³/mol. The van der Waals surface area contributed by atoms with Crippen LogP contribution in [0.5, 0.6) is 0 Å². The zero-order valence-electron chi connectivity index (χ0n) is 15.1. The molecule has 1 saturated carbocycles. The number of fused-ring (bicyclic) bond motifs is 1. The number of aryl methyl sites for hydroxylation is 2. The highest BCUT2D eigenvalue weighted by molar-refractivity contribution is 5.82. The van der Waals surface area contributed by atoms with Gasteiger partial charge in [0.1, 0.15) is 0 Å². The SMILES string of the molecule is Cc1noc(CCCN2CC(NC(=O)C3[C@H]4COC[C@@H]34)CCC2C)n1. The molecule has 3 unspecified atom stereocenters. The molecule has 3 fully saturated rings. The van der Waals surface area contributed by atoms with E-state index in [2.05, 4.69) is 27.3 Å². The van der Waals surface area contributed by atoms with Crippen LogP contribution in [0.1, 0.15) is 37.9 Å². The molecule has 5 atom stereocenters. The van der Waals surface area contributed by atoms with Crippen LogP contribution in [-0.4, -0.2) is 59.3 Å². The number of hydrogen-bond acceptors (Lipinski definition) is 6. The Morgan fingerprint density at radius 2 is 2.12 bits per heavy atom. The van der Waals surface area contributed by atoms with Crippen LogP contribution in [0.15, 0.2) is 4.52 Å². The second kappa shape index (κ2) is 7.03. The van der Waals surface area contributed by atoms with Crippen molar-refractivity contribution in [1.29, 1.82) is 0 Å². The van der Waals surface area contributed by atoms with Crippen molar-refractivity contribution < 1.29 is 14.1 Å². The molecule has 3 aliphatic rings. The first kappa shape index (κ1) is 17.0. The second-order valence-corrected chi connectivity index (χ2v) is 7.86. The molecule has 1 aromatic heterocycles. The first-order valence-corrected chi connectivity index (χ1v) is 9.53. The monoisotopic (exact) mass is 348 g/mol. The number of likely N-dealkylation sites (tertiary alicyclic amines) is 1. The van der Waals surface area contributed by atoms with Crippen molar-refractivity contribution in [2.24, 2.45) is 17.8 Å². The van der Waals surface area contributed by atoms with Gasteiger partial charge in [-0.05, 0) is 51.5 Å². The third-order valence-corrected chi connectivity index (χ3v) is 6.02. The number of carbonyl (C=O) groups excluding carboxylic acids is 1. The van der Waals surface area contributed by atoms with Crippen LogP contribution in [-0.2, 0) is 16.0 Å². The average Bonchev–Trinajstić information content (AvgIpc) is 2.91. The van der Waals surface area contributed by atoms with Gasteiger partial charge in [-0.15, -0.1) is 0 Å². The fraction of sp³-hybridized carbons (Fsp3) is 0.833. The normalized spacial score (nSPS) is 34.7. The van der Waals surface area contributed by atoms with Crippen LogP contribution in [0.3, 0.4) is 0 Å². The summed E-state index contributed by atoms with van der Waals surface area (Å²) in [5, 5.41) is 7.13. The second-order valence-electron chi connectivity index (χ2n) is 7.86. The van der Waals surface area contributed by atoms with Crippen molar-refractivity contribution in [3.05, 3.63) is 11.7 Å². The number of piperidine rings is 1. The molecule has 138 valence electrons. The van der Waals surface area contributed by atoms with E-state index in [0.29, 0.717) is 23.7 Å². The Kier molecular flexibility index (Phi) is 4.78. The molecule has 3 heterocycles. The summed E-state index contributed by atoms with van der Waals surface area (Å²) in [7, 11) is 0. The molecule has 1 amide bonds. The summed E-state index contributed by atoms with van der Waals surface area (Å²) in [6.45, 7) is 7.59. The summed E-state index contributed by atoms with van der Waals surface area (Å²) in [4.78, 5) is 19.2. The summed E-state index contributed by atoms with van der Waals surface area (Å²) in [5.41, 5.74) is 0. The number of ether oxygens (including phenoxy) is 1. The minimum absolute atomic E-state index is 0.210. The van der Waals surface area contributed by atoms with Crippen molar-refractivity contribution >= 4 is 5.91 Å². The van der Waals surface area contributed by atoms with Crippen LogP contribution in [0.4, 0.5) is 0 Å². The number of amides is 1. The van der Waals surface area contributed by atoms with Gasteiger partial charge in [-0.1, -0.05) is 5.16 Å². The molecule has 2 aliphatic heterocycles. The lowest BCUT2D eigenvalue weighted by Gasteiger charge is -2.38. The topological polar surface area (TPSA) is 80.5 Å². The molecule has 7 nitrogen and oxygen atoms in total. The molecule has 2 saturated heterocycles. The molecule has 7 heteroatoms. The van der Waals surface area contributed by atoms with Crippen molar-refractivity contribution in [2.45, 2.75) is 51.6 Å². The van der Waals surface area contributed by atoms with Crippen LogP contribution >= 0.6 is 0 Å². The molecule has 0 bridgehead atoms. The van der Waals surface area contributed by atoms with Crippen molar-refractivity contribution in [3.63, 3.8) is 0 Å². The van der Waals surface area contributed by atoms with Crippen LogP contribution in [0.25, 0.3) is 0 Å². The Morgan fingerprint density at radius 1 is 1.32 bits per heavy atom. The molecular formula is C18H28N4O3. The molecule has 0 spiro atoms. The summed E-state index contributed by atoms with van der Waals surface area (Å²) in [5.74, 6) is 2.84. The van der Waals surface area contributed by atoms with Gasteiger partial charge >= 0.3 is 0 Å². The highest BCUT2D eigenvalue weighted by Crippen LogP contribution is 2.50. The maximum atomic E-state index is 12.5. The minimum Gasteiger partial charge on any atom is -0.381 e. The number of hydrogen-bond donors (Lipinski definition) is 1. The van der Waals surface area contributed by atoms with Crippen LogP contribution < -0.4 is 5.32 Å². The summed E-state index contributed by atoms with van der Waals surface area (Å²) >= 11 is 0. The third-order valence-electron chi connectivity index (χ3n) is 6.02. The largest absolute Gasteiger partial charge is 0.381 e. The summed E-state index contributed by atoms with van der Waals surface area (Å²) in [6, 6.07) is 0.836. The van der Waals surface area contributed by atoms with Gasteiger partial charge in [-0.3, -0.25) is 9.69 Å². The quantitative estimate of drug-likeness (QED) is 0.831. The van der Waals surface area contributed by atoms with Crippen molar-refractivity contribution in [2.75, 3.05) is 26.3 Å². The van der Waals surface area contributed by atoms with E-state index >= 15 is 0 Å². The Morgan fingerprint density at radius 3 is 2.84 bits per heavy atom. The van der Waals surface area contributed by atoms with Crippen molar-refractivity contribution in [3.8, 4) is 0 Å². The number of rotatable bonds is 6. The lowest BCUT2D eigenvalue weighted by molar-refractivity contribution is -0.124. The third kappa shape index (κ3) is 3.72. The van der Waals surface area contributed by atoms with Gasteiger partial charge in [0.15, 0.2) is 5.82 Å². The molecule has 0 aromatic carbocycles. The van der Waals surface area contributed by atoms with Gasteiger partial charge in [0.05, 0.1) is 13.2 Å². The van der Waals surface area contributed by atoms with E-state index in [4.69, 9.17) is 9.26 Å². The number of aromatic nitrogens is 2. The fourth-order valence-corrected chi connectivity index (χ4v) is 4.41. The maximum Gasteiger partial charge on any atom is 0.226 e. The van der Waals surface area contributed by atoms with Crippen LogP contribution in [0.2, 0.25) is 0 Å². The Balaban J connectivity index is 1.22. The van der Waals surface area contributed by atoms with E-state index < -0.39 is 0 Å².